The molecule has 2 unspecified atom stereocenters. The van der Waals surface area contributed by atoms with Crippen molar-refractivity contribution in [3.8, 4) is 5.69 Å². The van der Waals surface area contributed by atoms with Crippen LogP contribution in [0.15, 0.2) is 45.8 Å². The van der Waals surface area contributed by atoms with Gasteiger partial charge >= 0.3 is 0 Å². The predicted molar refractivity (Wildman–Crippen MR) is 101 cm³/mol. The summed E-state index contributed by atoms with van der Waals surface area (Å²) in [7, 11) is 0. The van der Waals surface area contributed by atoms with Crippen molar-refractivity contribution in [3.05, 3.63) is 57.5 Å². The molecule has 8 heteroatoms. The first-order chi connectivity index (χ1) is 12.9. The normalized spacial score (nSPS) is 20.2. The first-order valence-electron chi connectivity index (χ1n) is 8.65. The van der Waals surface area contributed by atoms with Gasteiger partial charge in [-0.2, -0.15) is 0 Å². The van der Waals surface area contributed by atoms with E-state index in [0.717, 1.165) is 4.74 Å². The fraction of sp³-hybridized carbons (Fsp3) is 0.316. The summed E-state index contributed by atoms with van der Waals surface area (Å²) in [6.07, 6.45) is 1.44. The number of ether oxygens (including phenoxy) is 1. The van der Waals surface area contributed by atoms with Crippen molar-refractivity contribution in [2.45, 2.75) is 26.1 Å². The van der Waals surface area contributed by atoms with Gasteiger partial charge in [-0.1, -0.05) is 11.6 Å². The van der Waals surface area contributed by atoms with E-state index in [1.165, 1.54) is 0 Å². The number of hydrogen-bond acceptors (Lipinski definition) is 5. The van der Waals surface area contributed by atoms with Crippen LogP contribution in [0.25, 0.3) is 16.8 Å². The lowest BCUT2D eigenvalue weighted by Gasteiger charge is -2.35. The Bertz CT molecular complexity index is 1060. The molecule has 140 valence electrons. The standard InChI is InChI=1S/C19H18ClN3O4/c1-11-9-22(10-12(2)26-11)18(24)15-8-13(5-6-16(15)20)23-19(25)14-4-3-7-21-17(14)27-23/h3-8,11-12H,9-10H2,1-2H3. The number of nitrogens with zero attached hydrogens (tertiary/aromatic N) is 3. The van der Waals surface area contributed by atoms with Gasteiger partial charge in [0.25, 0.3) is 17.2 Å². The van der Waals surface area contributed by atoms with Gasteiger partial charge < -0.3 is 14.2 Å². The van der Waals surface area contributed by atoms with Gasteiger partial charge in [0.15, 0.2) is 0 Å². The van der Waals surface area contributed by atoms with Crippen LogP contribution in [-0.2, 0) is 4.74 Å². The summed E-state index contributed by atoms with van der Waals surface area (Å²) in [5.74, 6) is -0.203. The molecule has 7 nitrogen and oxygen atoms in total. The molecule has 27 heavy (non-hydrogen) atoms. The molecule has 1 amide bonds. The number of rotatable bonds is 2. The number of amides is 1. The monoisotopic (exact) mass is 387 g/mol. The zero-order valence-electron chi connectivity index (χ0n) is 14.9. The second-order valence-electron chi connectivity index (χ2n) is 6.68. The van der Waals surface area contributed by atoms with Crippen molar-refractivity contribution in [2.24, 2.45) is 0 Å². The predicted octanol–water partition coefficient (Wildman–Crippen LogP) is 2.88. The molecular formula is C19H18ClN3O4. The number of hydrogen-bond donors (Lipinski definition) is 0. The fourth-order valence-electron chi connectivity index (χ4n) is 3.35. The Morgan fingerprint density at radius 3 is 2.67 bits per heavy atom. The van der Waals surface area contributed by atoms with Gasteiger partial charge in [0.05, 0.1) is 28.5 Å². The van der Waals surface area contributed by atoms with E-state index in [9.17, 15) is 9.59 Å². The molecule has 0 N–H and O–H groups in total. The molecule has 0 bridgehead atoms. The summed E-state index contributed by atoms with van der Waals surface area (Å²) in [6, 6.07) is 8.10. The van der Waals surface area contributed by atoms with Crippen LogP contribution in [0.4, 0.5) is 0 Å². The highest BCUT2D eigenvalue weighted by atomic mass is 35.5. The van der Waals surface area contributed by atoms with E-state index in [4.69, 9.17) is 20.9 Å². The van der Waals surface area contributed by atoms with E-state index in [2.05, 4.69) is 4.98 Å². The number of aromatic nitrogens is 2. The average Bonchev–Trinajstić information content (AvgIpc) is 2.98. The number of carbonyl (C=O) groups is 1. The van der Waals surface area contributed by atoms with Crippen molar-refractivity contribution in [1.82, 2.24) is 14.6 Å². The maximum absolute atomic E-state index is 13.0. The number of fused-ring (bicyclic) bond motifs is 1. The van der Waals surface area contributed by atoms with Gasteiger partial charge in [0, 0.05) is 19.3 Å². The third-order valence-electron chi connectivity index (χ3n) is 4.49. The maximum Gasteiger partial charge on any atom is 0.296 e. The van der Waals surface area contributed by atoms with Gasteiger partial charge in [0.1, 0.15) is 5.39 Å². The largest absolute Gasteiger partial charge is 0.372 e. The lowest BCUT2D eigenvalue weighted by molar-refractivity contribution is -0.0586. The van der Waals surface area contributed by atoms with E-state index in [-0.39, 0.29) is 29.4 Å². The Kier molecular flexibility index (Phi) is 4.49. The van der Waals surface area contributed by atoms with Crippen molar-refractivity contribution in [3.63, 3.8) is 0 Å². The Morgan fingerprint density at radius 2 is 1.96 bits per heavy atom. The zero-order valence-corrected chi connectivity index (χ0v) is 15.6. The van der Waals surface area contributed by atoms with Crippen molar-refractivity contribution < 1.29 is 14.1 Å². The van der Waals surface area contributed by atoms with Crippen LogP contribution >= 0.6 is 11.6 Å². The molecule has 1 aliphatic rings. The number of pyridine rings is 1. The summed E-state index contributed by atoms with van der Waals surface area (Å²) >= 11 is 6.28. The lowest BCUT2D eigenvalue weighted by Crippen LogP contribution is -2.48. The average molecular weight is 388 g/mol. The van der Waals surface area contributed by atoms with E-state index < -0.39 is 0 Å². The topological polar surface area (TPSA) is 77.6 Å². The Labute approximate surface area is 160 Å². The van der Waals surface area contributed by atoms with Crippen molar-refractivity contribution in [2.75, 3.05) is 13.1 Å². The van der Waals surface area contributed by atoms with Crippen LogP contribution in [-0.4, -0.2) is 45.8 Å². The smallest absolute Gasteiger partial charge is 0.296 e. The van der Waals surface area contributed by atoms with E-state index in [1.54, 1.807) is 41.4 Å². The van der Waals surface area contributed by atoms with Crippen molar-refractivity contribution in [1.29, 1.82) is 0 Å². The molecule has 0 saturated carbocycles. The summed E-state index contributed by atoms with van der Waals surface area (Å²) in [5, 5.41) is 0.689. The summed E-state index contributed by atoms with van der Waals surface area (Å²) < 4.78 is 12.3. The quantitative estimate of drug-likeness (QED) is 0.675. The molecule has 2 atom stereocenters. The molecule has 0 aliphatic carbocycles. The Balaban J connectivity index is 1.74. The van der Waals surface area contributed by atoms with Crippen LogP contribution < -0.4 is 5.56 Å². The highest BCUT2D eigenvalue weighted by molar-refractivity contribution is 6.33. The number of morpholine rings is 1. The van der Waals surface area contributed by atoms with Gasteiger partial charge in [-0.25, -0.2) is 4.98 Å². The molecule has 0 radical (unpaired) electrons. The van der Waals surface area contributed by atoms with Gasteiger partial charge in [0.2, 0.25) is 0 Å². The minimum Gasteiger partial charge on any atom is -0.372 e. The molecule has 3 aromatic rings. The van der Waals surface area contributed by atoms with E-state index in [1.807, 2.05) is 13.8 Å². The van der Waals surface area contributed by atoms with Gasteiger partial charge in [-0.05, 0) is 44.2 Å². The molecule has 3 heterocycles. The number of carbonyl (C=O) groups excluding carboxylic acids is 1. The van der Waals surface area contributed by atoms with E-state index in [0.29, 0.717) is 34.7 Å². The highest BCUT2D eigenvalue weighted by Gasteiger charge is 2.28. The summed E-state index contributed by atoms with van der Waals surface area (Å²) in [6.45, 7) is 4.82. The number of halogens is 1. The SMILES string of the molecule is CC1CN(C(=O)c2cc(-n3oc4ncccc4c3=O)ccc2Cl)CC(C)O1. The third kappa shape index (κ3) is 3.24. The first-order valence-corrected chi connectivity index (χ1v) is 9.03. The zero-order chi connectivity index (χ0) is 19.1. The van der Waals surface area contributed by atoms with Crippen LogP contribution in [0.2, 0.25) is 5.02 Å². The van der Waals surface area contributed by atoms with Crippen LogP contribution in [0, 0.1) is 0 Å². The molecule has 1 saturated heterocycles. The maximum atomic E-state index is 13.0. The molecule has 1 aromatic carbocycles. The minimum absolute atomic E-state index is 0.0521. The second-order valence-corrected chi connectivity index (χ2v) is 7.09. The third-order valence-corrected chi connectivity index (χ3v) is 4.82. The molecule has 1 fully saturated rings. The Morgan fingerprint density at radius 1 is 1.22 bits per heavy atom. The molecule has 4 rings (SSSR count). The molecule has 2 aromatic heterocycles. The van der Waals surface area contributed by atoms with Crippen molar-refractivity contribution >= 4 is 28.6 Å². The van der Waals surface area contributed by atoms with Gasteiger partial charge in [-0.15, -0.1) is 4.74 Å². The molecule has 0 spiro atoms. The number of benzene rings is 1. The lowest BCUT2D eigenvalue weighted by atomic mass is 10.1. The van der Waals surface area contributed by atoms with Gasteiger partial charge in [-0.3, -0.25) is 9.59 Å². The minimum atomic E-state index is -0.340. The van der Waals surface area contributed by atoms with Crippen LogP contribution in [0.1, 0.15) is 24.2 Å². The summed E-state index contributed by atoms with van der Waals surface area (Å²) in [4.78, 5) is 31.3. The molecule has 1 aliphatic heterocycles. The summed E-state index contributed by atoms with van der Waals surface area (Å²) in [5.41, 5.74) is 0.629. The fourth-order valence-corrected chi connectivity index (χ4v) is 3.55. The first kappa shape index (κ1) is 17.8. The van der Waals surface area contributed by atoms with E-state index >= 15 is 0 Å². The Hall–Kier alpha value is -2.64. The molecular weight excluding hydrogens is 370 g/mol. The van der Waals surface area contributed by atoms with Crippen LogP contribution in [0.3, 0.4) is 0 Å². The second kappa shape index (κ2) is 6.83. The highest BCUT2D eigenvalue weighted by Crippen LogP contribution is 2.24. The van der Waals surface area contributed by atoms with Crippen LogP contribution in [0.5, 0.6) is 0 Å².